The summed E-state index contributed by atoms with van der Waals surface area (Å²) in [4.78, 5) is 12.3. The third-order valence-corrected chi connectivity index (χ3v) is 3.38. The highest BCUT2D eigenvalue weighted by Crippen LogP contribution is 2.30. The number of ether oxygens (including phenoxy) is 1. The number of nitrogens with one attached hydrogen (secondary N) is 1. The molecule has 0 aliphatic rings. The summed E-state index contributed by atoms with van der Waals surface area (Å²) in [7, 11) is 0. The molecule has 1 aromatic heterocycles. The molecule has 0 fully saturated rings. The second-order valence-corrected chi connectivity index (χ2v) is 5.30. The van der Waals surface area contributed by atoms with E-state index in [2.05, 4.69) is 15.2 Å². The minimum atomic E-state index is -4.68. The highest BCUT2D eigenvalue weighted by molar-refractivity contribution is 5.94. The lowest BCUT2D eigenvalue weighted by Gasteiger charge is -2.16. The van der Waals surface area contributed by atoms with Crippen LogP contribution in [0.15, 0.2) is 24.3 Å². The van der Waals surface area contributed by atoms with Crippen molar-refractivity contribution in [1.29, 1.82) is 0 Å². The molecule has 1 amide bonds. The van der Waals surface area contributed by atoms with E-state index in [0.29, 0.717) is 6.07 Å². The SMILES string of the molecule is Cc1cc(C(F)(F)F)nn1C(C)C(=O)Nc1ccc(F)cc1OC(F)F. The van der Waals surface area contributed by atoms with E-state index in [1.807, 2.05) is 0 Å². The summed E-state index contributed by atoms with van der Waals surface area (Å²) in [6, 6.07) is 2.12. The number of amides is 1. The van der Waals surface area contributed by atoms with Gasteiger partial charge in [-0.3, -0.25) is 9.48 Å². The third-order valence-electron chi connectivity index (χ3n) is 3.38. The van der Waals surface area contributed by atoms with Gasteiger partial charge in [0.25, 0.3) is 0 Å². The van der Waals surface area contributed by atoms with Crippen LogP contribution in [0.25, 0.3) is 0 Å². The Labute approximate surface area is 143 Å². The van der Waals surface area contributed by atoms with E-state index in [-0.39, 0.29) is 11.4 Å². The zero-order valence-electron chi connectivity index (χ0n) is 13.4. The maximum absolute atomic E-state index is 13.2. The van der Waals surface area contributed by atoms with Gasteiger partial charge in [-0.1, -0.05) is 0 Å². The lowest BCUT2D eigenvalue weighted by Crippen LogP contribution is -2.26. The monoisotopic (exact) mass is 381 g/mol. The molecule has 1 N–H and O–H groups in total. The zero-order valence-corrected chi connectivity index (χ0v) is 13.4. The molecule has 5 nitrogen and oxygen atoms in total. The van der Waals surface area contributed by atoms with Gasteiger partial charge in [-0.15, -0.1) is 0 Å². The summed E-state index contributed by atoms with van der Waals surface area (Å²) in [6.45, 7) is -0.658. The molecule has 0 radical (unpaired) electrons. The van der Waals surface area contributed by atoms with Gasteiger partial charge in [0.05, 0.1) is 5.69 Å². The van der Waals surface area contributed by atoms with E-state index in [4.69, 9.17) is 0 Å². The molecule has 0 bridgehead atoms. The van der Waals surface area contributed by atoms with Crippen molar-refractivity contribution in [3.63, 3.8) is 0 Å². The van der Waals surface area contributed by atoms with Gasteiger partial charge in [0.2, 0.25) is 5.91 Å². The van der Waals surface area contributed by atoms with Crippen molar-refractivity contribution < 1.29 is 35.9 Å². The summed E-state index contributed by atoms with van der Waals surface area (Å²) in [5, 5.41) is 5.56. The minimum absolute atomic E-state index is 0.0723. The summed E-state index contributed by atoms with van der Waals surface area (Å²) in [6.07, 6.45) is -4.68. The number of rotatable bonds is 5. The number of hydrogen-bond acceptors (Lipinski definition) is 3. The Balaban J connectivity index is 2.24. The normalized spacial score (nSPS) is 13.0. The number of nitrogens with zero attached hydrogens (tertiary/aromatic N) is 2. The van der Waals surface area contributed by atoms with Crippen LogP contribution in [0.5, 0.6) is 5.75 Å². The number of aryl methyl sites for hydroxylation is 1. The number of halogens is 6. The Kier molecular flexibility index (Phi) is 5.47. The standard InChI is InChI=1S/C15H13F6N3O2/c1-7-5-12(15(19,20)21)23-24(7)8(2)13(25)22-10-4-3-9(16)6-11(10)26-14(17)18/h3-6,8,14H,1-2H3,(H,22,25). The van der Waals surface area contributed by atoms with Gasteiger partial charge in [0.1, 0.15) is 11.9 Å². The fourth-order valence-corrected chi connectivity index (χ4v) is 2.16. The molecular formula is C15H13F6N3O2. The van der Waals surface area contributed by atoms with E-state index in [0.717, 1.165) is 22.9 Å². The predicted octanol–water partition coefficient (Wildman–Crippen LogP) is 4.15. The molecule has 0 aliphatic carbocycles. The Morgan fingerprint density at radius 2 is 1.92 bits per heavy atom. The predicted molar refractivity (Wildman–Crippen MR) is 78.3 cm³/mol. The summed E-state index contributed by atoms with van der Waals surface area (Å²) < 4.78 is 81.0. The topological polar surface area (TPSA) is 56.2 Å². The maximum atomic E-state index is 13.2. The van der Waals surface area contributed by atoms with Crippen LogP contribution < -0.4 is 10.1 Å². The fourth-order valence-electron chi connectivity index (χ4n) is 2.16. The maximum Gasteiger partial charge on any atom is 0.435 e. The molecule has 0 saturated carbocycles. The van der Waals surface area contributed by atoms with Crippen molar-refractivity contribution >= 4 is 11.6 Å². The van der Waals surface area contributed by atoms with Gasteiger partial charge < -0.3 is 10.1 Å². The third kappa shape index (κ3) is 4.46. The van der Waals surface area contributed by atoms with Crippen molar-refractivity contribution in [2.24, 2.45) is 0 Å². The summed E-state index contributed by atoms with van der Waals surface area (Å²) >= 11 is 0. The molecule has 2 rings (SSSR count). The Morgan fingerprint density at radius 1 is 1.27 bits per heavy atom. The van der Waals surface area contributed by atoms with Crippen LogP contribution in [0.2, 0.25) is 0 Å². The van der Waals surface area contributed by atoms with Gasteiger partial charge in [-0.25, -0.2) is 4.39 Å². The lowest BCUT2D eigenvalue weighted by molar-refractivity contribution is -0.141. The second kappa shape index (κ2) is 7.26. The Morgan fingerprint density at radius 3 is 2.46 bits per heavy atom. The molecule has 1 heterocycles. The second-order valence-electron chi connectivity index (χ2n) is 5.30. The minimum Gasteiger partial charge on any atom is -0.432 e. The molecule has 1 unspecified atom stereocenters. The highest BCUT2D eigenvalue weighted by Gasteiger charge is 2.35. The molecule has 1 atom stereocenters. The first-order chi connectivity index (χ1) is 12.0. The van der Waals surface area contributed by atoms with Gasteiger partial charge in [0, 0.05) is 11.8 Å². The van der Waals surface area contributed by atoms with E-state index in [1.165, 1.54) is 13.8 Å². The number of benzene rings is 1. The Hall–Kier alpha value is -2.72. The van der Waals surface area contributed by atoms with E-state index in [9.17, 15) is 31.1 Å². The van der Waals surface area contributed by atoms with Crippen molar-refractivity contribution in [3.05, 3.63) is 41.5 Å². The van der Waals surface area contributed by atoms with Crippen LogP contribution in [-0.4, -0.2) is 22.3 Å². The number of alkyl halides is 5. The number of carbonyl (C=O) groups is 1. The molecule has 26 heavy (non-hydrogen) atoms. The van der Waals surface area contributed by atoms with Crippen molar-refractivity contribution in [3.8, 4) is 5.75 Å². The van der Waals surface area contributed by atoms with Crippen LogP contribution in [0.4, 0.5) is 32.0 Å². The largest absolute Gasteiger partial charge is 0.435 e. The molecule has 11 heteroatoms. The quantitative estimate of drug-likeness (QED) is 0.792. The molecular weight excluding hydrogens is 368 g/mol. The first kappa shape index (κ1) is 19.6. The number of anilines is 1. The number of aromatic nitrogens is 2. The molecule has 1 aromatic carbocycles. The van der Waals surface area contributed by atoms with E-state index in [1.54, 1.807) is 0 Å². The van der Waals surface area contributed by atoms with Crippen LogP contribution in [0, 0.1) is 12.7 Å². The van der Waals surface area contributed by atoms with Crippen LogP contribution in [0.1, 0.15) is 24.4 Å². The zero-order chi connectivity index (χ0) is 19.6. The molecule has 142 valence electrons. The smallest absolute Gasteiger partial charge is 0.432 e. The van der Waals surface area contributed by atoms with Crippen LogP contribution >= 0.6 is 0 Å². The number of carbonyl (C=O) groups excluding carboxylic acids is 1. The van der Waals surface area contributed by atoms with Crippen LogP contribution in [0.3, 0.4) is 0 Å². The van der Waals surface area contributed by atoms with Gasteiger partial charge in [0.15, 0.2) is 11.4 Å². The van der Waals surface area contributed by atoms with Gasteiger partial charge in [-0.2, -0.15) is 27.1 Å². The fraction of sp³-hybridized carbons (Fsp3) is 0.333. The molecule has 0 spiro atoms. The average molecular weight is 381 g/mol. The van der Waals surface area contributed by atoms with Crippen molar-refractivity contribution in [2.75, 3.05) is 5.32 Å². The first-order valence-electron chi connectivity index (χ1n) is 7.17. The van der Waals surface area contributed by atoms with Crippen molar-refractivity contribution in [1.82, 2.24) is 9.78 Å². The van der Waals surface area contributed by atoms with Crippen LogP contribution in [-0.2, 0) is 11.0 Å². The van der Waals surface area contributed by atoms with Crippen molar-refractivity contribution in [2.45, 2.75) is 32.7 Å². The van der Waals surface area contributed by atoms with E-state index < -0.39 is 42.0 Å². The van der Waals surface area contributed by atoms with Gasteiger partial charge in [-0.05, 0) is 32.0 Å². The Bertz CT molecular complexity index is 803. The first-order valence-corrected chi connectivity index (χ1v) is 7.17. The van der Waals surface area contributed by atoms with E-state index >= 15 is 0 Å². The molecule has 0 aliphatic heterocycles. The molecule has 0 saturated heterocycles. The number of hydrogen-bond donors (Lipinski definition) is 1. The lowest BCUT2D eigenvalue weighted by atomic mass is 10.2. The molecule has 2 aromatic rings. The summed E-state index contributed by atoms with van der Waals surface area (Å²) in [5.74, 6) is -2.34. The average Bonchev–Trinajstić information content (AvgIpc) is 2.90. The highest BCUT2D eigenvalue weighted by atomic mass is 19.4. The van der Waals surface area contributed by atoms with Gasteiger partial charge >= 0.3 is 12.8 Å². The summed E-state index contributed by atoms with van der Waals surface area (Å²) in [5.41, 5.74) is -1.36.